The Morgan fingerprint density at radius 3 is 2.53 bits per heavy atom. The molecule has 0 unspecified atom stereocenters. The molecule has 0 N–H and O–H groups in total. The van der Waals surface area contributed by atoms with Crippen LogP contribution in [0, 0.1) is 0 Å². The average molecular weight is 308 g/mol. The molecule has 82 valence electrons. The van der Waals surface area contributed by atoms with Gasteiger partial charge in [0.15, 0.2) is 0 Å². The lowest BCUT2D eigenvalue weighted by Crippen LogP contribution is -1.84. The van der Waals surface area contributed by atoms with Gasteiger partial charge in [0.2, 0.25) is 0 Å². The van der Waals surface area contributed by atoms with Crippen molar-refractivity contribution in [3.63, 3.8) is 0 Å². The van der Waals surface area contributed by atoms with Crippen molar-refractivity contribution in [2.24, 2.45) is 0 Å². The van der Waals surface area contributed by atoms with E-state index < -0.39 is 0 Å². The highest BCUT2D eigenvalue weighted by Crippen LogP contribution is 2.22. The molecule has 0 spiro atoms. The van der Waals surface area contributed by atoms with Gasteiger partial charge in [0, 0.05) is 15.4 Å². The summed E-state index contributed by atoms with van der Waals surface area (Å²) in [4.78, 5) is 0. The van der Waals surface area contributed by atoms with Gasteiger partial charge in [-0.25, -0.2) is 0 Å². The first-order valence-electron chi connectivity index (χ1n) is 4.89. The summed E-state index contributed by atoms with van der Waals surface area (Å²) in [5, 5.41) is 2.47. The van der Waals surface area contributed by atoms with E-state index in [-0.39, 0.29) is 0 Å². The highest BCUT2D eigenvalue weighted by atomic mass is 79.9. The Morgan fingerprint density at radius 2 is 1.87 bits per heavy atom. The van der Waals surface area contributed by atoms with Gasteiger partial charge in [0.05, 0.1) is 0 Å². The molecule has 0 aliphatic carbocycles. The molecule has 0 fully saturated rings. The maximum Gasteiger partial charge on any atom is 0.0452 e. The van der Waals surface area contributed by atoms with Crippen LogP contribution in [-0.4, -0.2) is 5.33 Å². The van der Waals surface area contributed by atoms with Crippen LogP contribution in [0.15, 0.2) is 30.4 Å². The van der Waals surface area contributed by atoms with Crippen LogP contribution in [0.3, 0.4) is 0 Å². The summed E-state index contributed by atoms with van der Waals surface area (Å²) in [6.07, 6.45) is 7.43. The zero-order valence-electron chi connectivity index (χ0n) is 8.35. The molecule has 0 bridgehead atoms. The molecule has 0 aliphatic rings. The van der Waals surface area contributed by atoms with Crippen LogP contribution in [0.25, 0.3) is 0 Å². The minimum absolute atomic E-state index is 0.693. The molecule has 0 nitrogen and oxygen atoms in total. The van der Waals surface area contributed by atoms with Gasteiger partial charge in [-0.05, 0) is 37.0 Å². The van der Waals surface area contributed by atoms with Crippen LogP contribution in [-0.2, 0) is 6.42 Å². The predicted octanol–water partition coefficient (Wildman–Crippen LogP) is 5.27. The Kier molecular flexibility index (Phi) is 6.39. The normalized spacial score (nSPS) is 11.1. The second-order valence-electron chi connectivity index (χ2n) is 3.22. The first-order chi connectivity index (χ1) is 7.24. The van der Waals surface area contributed by atoms with Crippen molar-refractivity contribution in [1.82, 2.24) is 0 Å². The third-order valence-electron chi connectivity index (χ3n) is 2.04. The quantitative estimate of drug-likeness (QED) is 0.513. The van der Waals surface area contributed by atoms with Crippen molar-refractivity contribution >= 4 is 39.1 Å². The largest absolute Gasteiger partial charge is 0.0925 e. The van der Waals surface area contributed by atoms with Gasteiger partial charge >= 0.3 is 0 Å². The lowest BCUT2D eigenvalue weighted by molar-refractivity contribution is 0.993. The van der Waals surface area contributed by atoms with Gasteiger partial charge in [-0.15, -0.1) is 0 Å². The molecular formula is C12H13BrCl2. The second kappa shape index (κ2) is 7.32. The summed E-state index contributed by atoms with van der Waals surface area (Å²) >= 11 is 15.2. The Labute approximate surface area is 109 Å². The fourth-order valence-corrected chi connectivity index (χ4v) is 2.03. The Hall–Kier alpha value is 0.0200. The van der Waals surface area contributed by atoms with Crippen LogP contribution in [0.4, 0.5) is 0 Å². The highest BCUT2D eigenvalue weighted by Gasteiger charge is 1.99. The Bertz CT molecular complexity index is 334. The van der Waals surface area contributed by atoms with Crippen LogP contribution in [0.1, 0.15) is 18.4 Å². The van der Waals surface area contributed by atoms with Crippen molar-refractivity contribution in [3.8, 4) is 0 Å². The van der Waals surface area contributed by atoms with E-state index >= 15 is 0 Å². The van der Waals surface area contributed by atoms with E-state index in [4.69, 9.17) is 23.2 Å². The maximum atomic E-state index is 6.05. The molecule has 3 heteroatoms. The first kappa shape index (κ1) is 13.1. The summed E-state index contributed by atoms with van der Waals surface area (Å²) in [6.45, 7) is 0. The molecule has 0 aliphatic heterocycles. The number of alkyl halides is 1. The van der Waals surface area contributed by atoms with Gasteiger partial charge in [-0.3, -0.25) is 0 Å². The molecule has 15 heavy (non-hydrogen) atoms. The molecule has 0 saturated heterocycles. The Morgan fingerprint density at radius 1 is 1.13 bits per heavy atom. The molecule has 1 aromatic carbocycles. The molecule has 0 atom stereocenters. The standard InChI is InChI=1S/C12H13BrCl2/c13-8-4-2-1-3-5-10-6-7-11(14)9-12(10)15/h1-2,6-7,9H,3-5,8H2. The lowest BCUT2D eigenvalue weighted by Gasteiger charge is -2.02. The monoisotopic (exact) mass is 306 g/mol. The molecule has 0 heterocycles. The van der Waals surface area contributed by atoms with Crippen molar-refractivity contribution < 1.29 is 0 Å². The summed E-state index contributed by atoms with van der Waals surface area (Å²) in [7, 11) is 0. The predicted molar refractivity (Wildman–Crippen MR) is 72.3 cm³/mol. The van der Waals surface area contributed by atoms with E-state index in [9.17, 15) is 0 Å². The van der Waals surface area contributed by atoms with Crippen LogP contribution < -0.4 is 0 Å². The average Bonchev–Trinajstić information content (AvgIpc) is 2.20. The zero-order chi connectivity index (χ0) is 11.1. The van der Waals surface area contributed by atoms with Crippen LogP contribution >= 0.6 is 39.1 Å². The lowest BCUT2D eigenvalue weighted by atomic mass is 10.1. The summed E-state index contributed by atoms with van der Waals surface area (Å²) in [6, 6.07) is 5.66. The van der Waals surface area contributed by atoms with Gasteiger partial charge in [0.25, 0.3) is 0 Å². The van der Waals surface area contributed by atoms with Crippen molar-refractivity contribution in [2.45, 2.75) is 19.3 Å². The molecule has 1 rings (SSSR count). The third-order valence-corrected chi connectivity index (χ3v) is 3.08. The SMILES string of the molecule is Clc1ccc(CCC=CCCBr)c(Cl)c1. The van der Waals surface area contributed by atoms with Gasteiger partial charge < -0.3 is 0 Å². The number of aryl methyl sites for hydroxylation is 1. The molecule has 1 aromatic rings. The third kappa shape index (κ3) is 5.05. The zero-order valence-corrected chi connectivity index (χ0v) is 11.4. The van der Waals surface area contributed by atoms with Crippen LogP contribution in [0.5, 0.6) is 0 Å². The van der Waals surface area contributed by atoms with Crippen molar-refractivity contribution in [2.75, 3.05) is 5.33 Å². The minimum atomic E-state index is 0.693. The second-order valence-corrected chi connectivity index (χ2v) is 4.86. The molecule has 0 amide bonds. The van der Waals surface area contributed by atoms with E-state index in [1.54, 1.807) is 6.07 Å². The highest BCUT2D eigenvalue weighted by molar-refractivity contribution is 9.09. The van der Waals surface area contributed by atoms with E-state index in [1.807, 2.05) is 12.1 Å². The first-order valence-corrected chi connectivity index (χ1v) is 6.76. The Balaban J connectivity index is 2.44. The van der Waals surface area contributed by atoms with Crippen molar-refractivity contribution in [3.05, 3.63) is 46.0 Å². The van der Waals surface area contributed by atoms with E-state index in [2.05, 4.69) is 28.1 Å². The number of halogens is 3. The number of benzene rings is 1. The van der Waals surface area contributed by atoms with Gasteiger partial charge in [0.1, 0.15) is 0 Å². The smallest absolute Gasteiger partial charge is 0.0452 e. The summed E-state index contributed by atoms with van der Waals surface area (Å²) in [5.74, 6) is 0. The maximum absolute atomic E-state index is 6.05. The van der Waals surface area contributed by atoms with Gasteiger partial charge in [-0.1, -0.05) is 57.4 Å². The van der Waals surface area contributed by atoms with E-state index in [0.717, 1.165) is 35.2 Å². The number of allylic oxidation sites excluding steroid dienone is 2. The fourth-order valence-electron chi connectivity index (χ4n) is 1.26. The molecule has 0 saturated carbocycles. The summed E-state index contributed by atoms with van der Waals surface area (Å²) < 4.78 is 0. The summed E-state index contributed by atoms with van der Waals surface area (Å²) in [5.41, 5.74) is 1.16. The molecule has 0 radical (unpaired) electrons. The number of hydrogen-bond donors (Lipinski definition) is 0. The molecular weight excluding hydrogens is 295 g/mol. The van der Waals surface area contributed by atoms with Crippen LogP contribution in [0.2, 0.25) is 10.0 Å². The number of rotatable bonds is 5. The fraction of sp³-hybridized carbons (Fsp3) is 0.333. The minimum Gasteiger partial charge on any atom is -0.0925 e. The molecule has 0 aromatic heterocycles. The van der Waals surface area contributed by atoms with Crippen molar-refractivity contribution in [1.29, 1.82) is 0 Å². The van der Waals surface area contributed by atoms with E-state index in [0.29, 0.717) is 5.02 Å². The number of hydrogen-bond acceptors (Lipinski definition) is 0. The van der Waals surface area contributed by atoms with Gasteiger partial charge in [-0.2, -0.15) is 0 Å². The topological polar surface area (TPSA) is 0 Å². The van der Waals surface area contributed by atoms with E-state index in [1.165, 1.54) is 0 Å².